The van der Waals surface area contributed by atoms with Gasteiger partial charge in [-0.25, -0.2) is 9.97 Å². The standard InChI is InChI=1S/C20H27N5O/c1-16(2)25(14-17-7-5-4-6-8-17)20(26)18-13-19(22-15-21-18)24-11-9-23(3)10-12-24/h4-8,13,15-16H,9-12,14H2,1-3H3. The summed E-state index contributed by atoms with van der Waals surface area (Å²) in [4.78, 5) is 28.1. The average molecular weight is 353 g/mol. The summed E-state index contributed by atoms with van der Waals surface area (Å²) in [5.74, 6) is 0.779. The number of anilines is 1. The van der Waals surface area contributed by atoms with Gasteiger partial charge in [0.1, 0.15) is 17.8 Å². The lowest BCUT2D eigenvalue weighted by Crippen LogP contribution is -2.45. The van der Waals surface area contributed by atoms with Crippen molar-refractivity contribution in [1.82, 2.24) is 19.8 Å². The van der Waals surface area contributed by atoms with Crippen LogP contribution in [0.3, 0.4) is 0 Å². The number of carbonyl (C=O) groups excluding carboxylic acids is 1. The van der Waals surface area contributed by atoms with Crippen LogP contribution in [0.15, 0.2) is 42.7 Å². The van der Waals surface area contributed by atoms with Gasteiger partial charge in [0.25, 0.3) is 5.91 Å². The molecule has 1 aromatic heterocycles. The Bertz CT molecular complexity index is 726. The van der Waals surface area contributed by atoms with Crippen LogP contribution in [-0.4, -0.2) is 64.9 Å². The molecule has 0 aliphatic carbocycles. The van der Waals surface area contributed by atoms with Crippen LogP contribution in [0.4, 0.5) is 5.82 Å². The summed E-state index contributed by atoms with van der Waals surface area (Å²) < 4.78 is 0. The number of piperazine rings is 1. The van der Waals surface area contributed by atoms with Gasteiger partial charge in [-0.2, -0.15) is 0 Å². The second-order valence-corrected chi connectivity index (χ2v) is 7.06. The van der Waals surface area contributed by atoms with Gasteiger partial charge in [0.15, 0.2) is 0 Å². The summed E-state index contributed by atoms with van der Waals surface area (Å²) >= 11 is 0. The van der Waals surface area contributed by atoms with E-state index in [-0.39, 0.29) is 11.9 Å². The molecular weight excluding hydrogens is 326 g/mol. The first-order chi connectivity index (χ1) is 12.5. The van der Waals surface area contributed by atoms with Gasteiger partial charge in [-0.3, -0.25) is 4.79 Å². The monoisotopic (exact) mass is 353 g/mol. The Kier molecular flexibility index (Phi) is 5.83. The first kappa shape index (κ1) is 18.3. The van der Waals surface area contributed by atoms with Crippen molar-refractivity contribution in [3.8, 4) is 0 Å². The van der Waals surface area contributed by atoms with Crippen LogP contribution < -0.4 is 4.90 Å². The predicted octanol–water partition coefficient (Wildman–Crippen LogP) is 2.28. The minimum atomic E-state index is -0.0540. The van der Waals surface area contributed by atoms with Crippen LogP contribution in [0.2, 0.25) is 0 Å². The second kappa shape index (κ2) is 8.27. The lowest BCUT2D eigenvalue weighted by Gasteiger charge is -2.33. The number of hydrogen-bond acceptors (Lipinski definition) is 5. The largest absolute Gasteiger partial charge is 0.354 e. The highest BCUT2D eigenvalue weighted by atomic mass is 16.2. The molecule has 6 nitrogen and oxygen atoms in total. The zero-order valence-electron chi connectivity index (χ0n) is 15.8. The number of amides is 1. The summed E-state index contributed by atoms with van der Waals surface area (Å²) in [5, 5.41) is 0. The molecule has 0 bridgehead atoms. The highest BCUT2D eigenvalue weighted by Crippen LogP contribution is 2.17. The zero-order chi connectivity index (χ0) is 18.5. The van der Waals surface area contributed by atoms with Crippen LogP contribution in [-0.2, 0) is 6.54 Å². The Morgan fingerprint density at radius 3 is 2.46 bits per heavy atom. The molecule has 26 heavy (non-hydrogen) atoms. The number of benzene rings is 1. The van der Waals surface area contributed by atoms with E-state index in [9.17, 15) is 4.79 Å². The van der Waals surface area contributed by atoms with Crippen molar-refractivity contribution >= 4 is 11.7 Å². The topological polar surface area (TPSA) is 52.6 Å². The first-order valence-corrected chi connectivity index (χ1v) is 9.15. The van der Waals surface area contributed by atoms with Gasteiger partial charge in [-0.15, -0.1) is 0 Å². The first-order valence-electron chi connectivity index (χ1n) is 9.15. The fourth-order valence-corrected chi connectivity index (χ4v) is 3.09. The Labute approximate surface area is 155 Å². The fraction of sp³-hybridized carbons (Fsp3) is 0.450. The van der Waals surface area contributed by atoms with Crippen molar-refractivity contribution in [3.05, 3.63) is 54.0 Å². The maximum Gasteiger partial charge on any atom is 0.273 e. The molecule has 0 atom stereocenters. The molecule has 138 valence electrons. The average Bonchev–Trinajstić information content (AvgIpc) is 2.67. The summed E-state index contributed by atoms with van der Waals surface area (Å²) in [6.45, 7) is 8.47. The molecule has 2 aromatic rings. The molecule has 0 spiro atoms. The van der Waals surface area contributed by atoms with E-state index in [2.05, 4.69) is 26.8 Å². The fourth-order valence-electron chi connectivity index (χ4n) is 3.09. The van der Waals surface area contributed by atoms with Crippen molar-refractivity contribution in [1.29, 1.82) is 0 Å². The molecule has 0 unspecified atom stereocenters. The molecule has 6 heteroatoms. The molecule has 1 fully saturated rings. The van der Waals surface area contributed by atoms with Crippen molar-refractivity contribution in [2.75, 3.05) is 38.1 Å². The number of rotatable bonds is 5. The quantitative estimate of drug-likeness (QED) is 0.825. The number of hydrogen-bond donors (Lipinski definition) is 0. The molecule has 1 aliphatic heterocycles. The molecule has 1 aromatic carbocycles. The van der Waals surface area contributed by atoms with Gasteiger partial charge in [-0.1, -0.05) is 30.3 Å². The number of carbonyl (C=O) groups is 1. The highest BCUT2D eigenvalue weighted by Gasteiger charge is 2.22. The van der Waals surface area contributed by atoms with Crippen molar-refractivity contribution in [2.24, 2.45) is 0 Å². The maximum absolute atomic E-state index is 13.1. The van der Waals surface area contributed by atoms with Gasteiger partial charge in [0.05, 0.1) is 0 Å². The minimum absolute atomic E-state index is 0.0540. The van der Waals surface area contributed by atoms with Crippen molar-refractivity contribution < 1.29 is 4.79 Å². The van der Waals surface area contributed by atoms with Crippen molar-refractivity contribution in [2.45, 2.75) is 26.4 Å². The van der Waals surface area contributed by atoms with E-state index in [0.29, 0.717) is 12.2 Å². The van der Waals surface area contributed by atoms with Crippen LogP contribution in [0.5, 0.6) is 0 Å². The Balaban J connectivity index is 1.78. The van der Waals surface area contributed by atoms with Crippen molar-refractivity contribution in [3.63, 3.8) is 0 Å². The third-order valence-corrected chi connectivity index (χ3v) is 4.78. The van der Waals surface area contributed by atoms with Gasteiger partial charge in [-0.05, 0) is 26.5 Å². The molecule has 1 aliphatic rings. The molecule has 2 heterocycles. The van der Waals surface area contributed by atoms with Crippen LogP contribution >= 0.6 is 0 Å². The molecule has 3 rings (SSSR count). The van der Waals surface area contributed by atoms with E-state index >= 15 is 0 Å². The SMILES string of the molecule is CC(C)N(Cc1ccccc1)C(=O)c1cc(N2CCN(C)CC2)ncn1. The van der Waals surface area contributed by atoms with E-state index < -0.39 is 0 Å². The highest BCUT2D eigenvalue weighted by molar-refractivity contribution is 5.93. The predicted molar refractivity (Wildman–Crippen MR) is 103 cm³/mol. The Morgan fingerprint density at radius 1 is 1.12 bits per heavy atom. The van der Waals surface area contributed by atoms with Crippen LogP contribution in [0, 0.1) is 0 Å². The van der Waals surface area contributed by atoms with E-state index in [1.807, 2.05) is 55.1 Å². The van der Waals surface area contributed by atoms with Gasteiger partial charge >= 0.3 is 0 Å². The molecule has 1 amide bonds. The Morgan fingerprint density at radius 2 is 1.81 bits per heavy atom. The van der Waals surface area contributed by atoms with Gasteiger partial charge < -0.3 is 14.7 Å². The molecule has 0 radical (unpaired) electrons. The van der Waals surface area contributed by atoms with E-state index in [1.54, 1.807) is 0 Å². The lowest BCUT2D eigenvalue weighted by molar-refractivity contribution is 0.0684. The smallest absolute Gasteiger partial charge is 0.273 e. The summed E-state index contributed by atoms with van der Waals surface area (Å²) in [7, 11) is 2.12. The molecule has 1 saturated heterocycles. The maximum atomic E-state index is 13.1. The third kappa shape index (κ3) is 4.38. The zero-order valence-corrected chi connectivity index (χ0v) is 15.8. The second-order valence-electron chi connectivity index (χ2n) is 7.06. The Hall–Kier alpha value is -2.47. The van der Waals surface area contributed by atoms with E-state index in [4.69, 9.17) is 0 Å². The lowest BCUT2D eigenvalue weighted by atomic mass is 10.1. The van der Waals surface area contributed by atoms with Gasteiger partial charge in [0.2, 0.25) is 0 Å². The minimum Gasteiger partial charge on any atom is -0.354 e. The van der Waals surface area contributed by atoms with Gasteiger partial charge in [0, 0.05) is 44.8 Å². The molecular formula is C20H27N5O. The van der Waals surface area contributed by atoms with E-state index in [0.717, 1.165) is 37.6 Å². The summed E-state index contributed by atoms with van der Waals surface area (Å²) in [6, 6.07) is 12.0. The number of likely N-dealkylation sites (N-methyl/N-ethyl adjacent to an activating group) is 1. The number of nitrogens with zero attached hydrogens (tertiary/aromatic N) is 5. The summed E-state index contributed by atoms with van der Waals surface area (Å²) in [5.41, 5.74) is 1.57. The van der Waals surface area contributed by atoms with Crippen LogP contribution in [0.25, 0.3) is 0 Å². The number of aromatic nitrogens is 2. The third-order valence-electron chi connectivity index (χ3n) is 4.78. The van der Waals surface area contributed by atoms with E-state index in [1.165, 1.54) is 6.33 Å². The molecule has 0 saturated carbocycles. The van der Waals surface area contributed by atoms with Crippen LogP contribution in [0.1, 0.15) is 29.9 Å². The normalized spacial score (nSPS) is 15.3. The summed E-state index contributed by atoms with van der Waals surface area (Å²) in [6.07, 6.45) is 1.50. The molecule has 0 N–H and O–H groups in total.